The summed E-state index contributed by atoms with van der Waals surface area (Å²) in [6, 6.07) is 2.97. The molecule has 0 aliphatic carbocycles. The van der Waals surface area contributed by atoms with Gasteiger partial charge in [0.05, 0.1) is 4.90 Å². The van der Waals surface area contributed by atoms with Gasteiger partial charge in [-0.15, -0.1) is 0 Å². The van der Waals surface area contributed by atoms with Gasteiger partial charge >= 0.3 is 0 Å². The van der Waals surface area contributed by atoms with Gasteiger partial charge in [0.15, 0.2) is 0 Å². The summed E-state index contributed by atoms with van der Waals surface area (Å²) in [6.45, 7) is 1.04. The highest BCUT2D eigenvalue weighted by atomic mass is 32.2. The monoisotopic (exact) mass is 258 g/mol. The highest BCUT2D eigenvalue weighted by Gasteiger charge is 2.13. The molecule has 0 aliphatic rings. The molecular formula is C10H18N4O2S. The molecule has 0 aromatic carbocycles. The van der Waals surface area contributed by atoms with E-state index < -0.39 is 10.0 Å². The van der Waals surface area contributed by atoms with Gasteiger partial charge in [0.2, 0.25) is 10.0 Å². The van der Waals surface area contributed by atoms with E-state index in [0.717, 1.165) is 0 Å². The van der Waals surface area contributed by atoms with Gasteiger partial charge in [0.25, 0.3) is 0 Å². The zero-order valence-electron chi connectivity index (χ0n) is 10.3. The van der Waals surface area contributed by atoms with Crippen LogP contribution in [-0.2, 0) is 10.0 Å². The summed E-state index contributed by atoms with van der Waals surface area (Å²) in [7, 11) is 2.02. The van der Waals surface area contributed by atoms with Crippen molar-refractivity contribution in [1.82, 2.24) is 14.6 Å². The number of nitrogens with zero attached hydrogens (tertiary/aromatic N) is 2. The van der Waals surface area contributed by atoms with Crippen LogP contribution in [0.25, 0.3) is 0 Å². The van der Waals surface area contributed by atoms with Crippen LogP contribution in [-0.4, -0.2) is 52.5 Å². The fourth-order valence-electron chi connectivity index (χ4n) is 1.20. The van der Waals surface area contributed by atoms with Crippen molar-refractivity contribution in [3.05, 3.63) is 18.3 Å². The molecule has 0 fully saturated rings. The van der Waals surface area contributed by atoms with E-state index >= 15 is 0 Å². The maximum absolute atomic E-state index is 11.9. The Morgan fingerprint density at radius 3 is 2.71 bits per heavy atom. The fourth-order valence-corrected chi connectivity index (χ4v) is 2.24. The van der Waals surface area contributed by atoms with Gasteiger partial charge in [-0.05, 0) is 20.2 Å². The summed E-state index contributed by atoms with van der Waals surface area (Å²) >= 11 is 0. The predicted octanol–water partition coefficient (Wildman–Crippen LogP) is -0.0368. The fraction of sp³-hybridized carbons (Fsp3) is 0.500. The largest absolute Gasteiger partial charge is 0.373 e. The summed E-state index contributed by atoms with van der Waals surface area (Å²) in [5, 5.41) is 2.80. The van der Waals surface area contributed by atoms with Gasteiger partial charge in [-0.25, -0.2) is 18.1 Å². The average Bonchev–Trinajstić information content (AvgIpc) is 2.28. The van der Waals surface area contributed by atoms with E-state index in [0.29, 0.717) is 18.9 Å². The summed E-state index contributed by atoms with van der Waals surface area (Å²) in [5.74, 6) is 0.528. The first-order valence-corrected chi connectivity index (χ1v) is 6.72. The van der Waals surface area contributed by atoms with Gasteiger partial charge in [-0.2, -0.15) is 0 Å². The minimum Gasteiger partial charge on any atom is -0.373 e. The number of rotatable bonds is 6. The second-order valence-corrected chi connectivity index (χ2v) is 5.59. The molecule has 0 spiro atoms. The smallest absolute Gasteiger partial charge is 0.240 e. The molecule has 0 amide bonds. The molecule has 6 nitrogen and oxygen atoms in total. The number of aromatic nitrogens is 1. The van der Waals surface area contributed by atoms with E-state index in [1.165, 1.54) is 18.3 Å². The van der Waals surface area contributed by atoms with E-state index in [9.17, 15) is 8.42 Å². The topological polar surface area (TPSA) is 74.3 Å². The van der Waals surface area contributed by atoms with Crippen molar-refractivity contribution >= 4 is 15.8 Å². The maximum atomic E-state index is 11.9. The molecule has 7 heteroatoms. The zero-order valence-corrected chi connectivity index (χ0v) is 11.1. The van der Waals surface area contributed by atoms with E-state index in [1.54, 1.807) is 7.05 Å². The molecule has 0 atom stereocenters. The van der Waals surface area contributed by atoms with Crippen molar-refractivity contribution in [3.8, 4) is 0 Å². The van der Waals surface area contributed by atoms with E-state index in [1.807, 2.05) is 19.0 Å². The molecule has 0 aliphatic heterocycles. The first-order valence-electron chi connectivity index (χ1n) is 5.24. The molecule has 0 bridgehead atoms. The third kappa shape index (κ3) is 4.29. The Morgan fingerprint density at radius 2 is 2.12 bits per heavy atom. The number of pyridine rings is 1. The van der Waals surface area contributed by atoms with Crippen molar-refractivity contribution in [2.24, 2.45) is 0 Å². The van der Waals surface area contributed by atoms with E-state index in [2.05, 4.69) is 15.0 Å². The lowest BCUT2D eigenvalue weighted by Gasteiger charge is -2.11. The molecule has 1 heterocycles. The number of hydrogen-bond acceptors (Lipinski definition) is 5. The van der Waals surface area contributed by atoms with Crippen LogP contribution in [0.3, 0.4) is 0 Å². The van der Waals surface area contributed by atoms with Crippen molar-refractivity contribution in [1.29, 1.82) is 0 Å². The molecule has 1 rings (SSSR count). The van der Waals surface area contributed by atoms with Crippen LogP contribution in [0.2, 0.25) is 0 Å². The normalized spacial score (nSPS) is 11.8. The third-order valence-electron chi connectivity index (χ3n) is 2.15. The molecule has 0 radical (unpaired) electrons. The Bertz CT molecular complexity index is 459. The van der Waals surface area contributed by atoms with Gasteiger partial charge in [0.1, 0.15) is 5.82 Å². The molecule has 0 unspecified atom stereocenters. The van der Waals surface area contributed by atoms with E-state index in [-0.39, 0.29) is 4.90 Å². The highest BCUT2D eigenvalue weighted by molar-refractivity contribution is 7.89. The van der Waals surface area contributed by atoms with Gasteiger partial charge < -0.3 is 10.2 Å². The summed E-state index contributed by atoms with van der Waals surface area (Å²) in [5.41, 5.74) is 0. The van der Waals surface area contributed by atoms with Gasteiger partial charge in [-0.1, -0.05) is 0 Å². The summed E-state index contributed by atoms with van der Waals surface area (Å²) in [4.78, 5) is 6.10. The standard InChI is InChI=1S/C10H18N4O2S/c1-11-10-8-9(4-5-12-10)17(15,16)13-6-7-14(2)3/h4-5,8,13H,6-7H2,1-3H3,(H,11,12). The number of likely N-dealkylation sites (N-methyl/N-ethyl adjacent to an activating group) is 1. The molecular weight excluding hydrogens is 240 g/mol. The van der Waals surface area contributed by atoms with Crippen molar-refractivity contribution in [3.63, 3.8) is 0 Å². The Morgan fingerprint density at radius 1 is 1.41 bits per heavy atom. The third-order valence-corrected chi connectivity index (χ3v) is 3.61. The van der Waals surface area contributed by atoms with Gasteiger partial charge in [0, 0.05) is 32.4 Å². The predicted molar refractivity (Wildman–Crippen MR) is 67.5 cm³/mol. The zero-order chi connectivity index (χ0) is 12.9. The molecule has 1 aromatic rings. The summed E-state index contributed by atoms with van der Waals surface area (Å²) < 4.78 is 26.3. The number of nitrogens with one attached hydrogen (secondary N) is 2. The Kier molecular flexibility index (Phi) is 4.86. The van der Waals surface area contributed by atoms with Crippen molar-refractivity contribution < 1.29 is 8.42 Å². The van der Waals surface area contributed by atoms with Crippen LogP contribution in [0.1, 0.15) is 0 Å². The van der Waals surface area contributed by atoms with Crippen LogP contribution in [0.15, 0.2) is 23.2 Å². The van der Waals surface area contributed by atoms with E-state index in [4.69, 9.17) is 0 Å². The summed E-state index contributed by atoms with van der Waals surface area (Å²) in [6.07, 6.45) is 1.46. The molecule has 0 saturated heterocycles. The number of anilines is 1. The molecule has 1 aromatic heterocycles. The maximum Gasteiger partial charge on any atom is 0.240 e. The number of hydrogen-bond donors (Lipinski definition) is 2. The van der Waals surface area contributed by atoms with Crippen LogP contribution >= 0.6 is 0 Å². The second kappa shape index (κ2) is 5.95. The Hall–Kier alpha value is -1.18. The lowest BCUT2D eigenvalue weighted by Crippen LogP contribution is -2.31. The van der Waals surface area contributed by atoms with Crippen molar-refractivity contribution in [2.75, 3.05) is 39.5 Å². The Labute approximate surface area is 102 Å². The molecule has 17 heavy (non-hydrogen) atoms. The minimum atomic E-state index is -3.45. The first kappa shape index (κ1) is 13.9. The van der Waals surface area contributed by atoms with Crippen LogP contribution < -0.4 is 10.0 Å². The van der Waals surface area contributed by atoms with Crippen LogP contribution in [0.4, 0.5) is 5.82 Å². The number of sulfonamides is 1. The molecule has 2 N–H and O–H groups in total. The lowest BCUT2D eigenvalue weighted by atomic mass is 10.5. The highest BCUT2D eigenvalue weighted by Crippen LogP contribution is 2.11. The average molecular weight is 258 g/mol. The minimum absolute atomic E-state index is 0.218. The quantitative estimate of drug-likeness (QED) is 0.749. The van der Waals surface area contributed by atoms with Crippen LogP contribution in [0.5, 0.6) is 0 Å². The molecule has 0 saturated carbocycles. The lowest BCUT2D eigenvalue weighted by molar-refractivity contribution is 0.412. The molecule has 96 valence electrons. The van der Waals surface area contributed by atoms with Crippen molar-refractivity contribution in [2.45, 2.75) is 4.90 Å². The first-order chi connectivity index (χ1) is 7.95. The Balaban J connectivity index is 2.75. The van der Waals surface area contributed by atoms with Crippen LogP contribution in [0, 0.1) is 0 Å². The second-order valence-electron chi connectivity index (χ2n) is 3.83. The SMILES string of the molecule is CNc1cc(S(=O)(=O)NCCN(C)C)ccn1. The van der Waals surface area contributed by atoms with Gasteiger partial charge in [-0.3, -0.25) is 0 Å².